The van der Waals surface area contributed by atoms with Crippen molar-refractivity contribution in [3.8, 4) is 11.5 Å². The molecule has 1 aliphatic rings. The number of nitrogens with one attached hydrogen (secondary N) is 1. The topological polar surface area (TPSA) is 77.1 Å². The van der Waals surface area contributed by atoms with Gasteiger partial charge in [0.05, 0.1) is 13.7 Å². The molecule has 1 aromatic carbocycles. The molecule has 1 N–H and O–H groups in total. The third-order valence-electron chi connectivity index (χ3n) is 4.66. The normalized spacial score (nSPS) is 14.3. The van der Waals surface area contributed by atoms with E-state index in [0.717, 1.165) is 18.4 Å². The molecule has 0 bridgehead atoms. The highest BCUT2D eigenvalue weighted by Gasteiger charge is 2.24. The Balaban J connectivity index is 1.77. The van der Waals surface area contributed by atoms with Crippen molar-refractivity contribution in [3.05, 3.63) is 36.4 Å². The fraction of sp³-hybridized carbons (Fsp3) is 0.524. The largest absolute Gasteiger partial charge is 0.493 e. The first-order valence-corrected chi connectivity index (χ1v) is 9.69. The molecule has 154 valence electrons. The summed E-state index contributed by atoms with van der Waals surface area (Å²) < 4.78 is 15.8. The lowest BCUT2D eigenvalue weighted by atomic mass is 10.0. The minimum absolute atomic E-state index is 0.0386. The molecule has 0 saturated carbocycles. The van der Waals surface area contributed by atoms with E-state index in [9.17, 15) is 9.59 Å². The fourth-order valence-corrected chi connectivity index (χ4v) is 3.17. The zero-order valence-electron chi connectivity index (χ0n) is 16.7. The van der Waals surface area contributed by atoms with Crippen LogP contribution in [0.4, 0.5) is 4.79 Å². The van der Waals surface area contributed by atoms with Crippen LogP contribution in [0.5, 0.6) is 11.5 Å². The maximum absolute atomic E-state index is 12.5. The second-order valence-corrected chi connectivity index (χ2v) is 6.60. The number of carbonyl (C=O) groups is 2. The number of aryl methyl sites for hydroxylation is 1. The monoisotopic (exact) mass is 390 g/mol. The molecular formula is C21H30N2O5. The van der Waals surface area contributed by atoms with Gasteiger partial charge in [-0.15, -0.1) is 0 Å². The van der Waals surface area contributed by atoms with E-state index < -0.39 is 6.09 Å². The SMILES string of the molecule is C=CCOC(=O)NC1CCN(C(=O)CCc2ccc(OCC)c(OC)c2)CC1. The maximum atomic E-state index is 12.5. The van der Waals surface area contributed by atoms with Crippen LogP contribution in [0.2, 0.25) is 0 Å². The minimum Gasteiger partial charge on any atom is -0.493 e. The number of piperidine rings is 1. The molecule has 1 fully saturated rings. The van der Waals surface area contributed by atoms with E-state index >= 15 is 0 Å². The van der Waals surface area contributed by atoms with E-state index in [1.54, 1.807) is 7.11 Å². The lowest BCUT2D eigenvalue weighted by Gasteiger charge is -2.32. The summed E-state index contributed by atoms with van der Waals surface area (Å²) in [5, 5.41) is 2.83. The summed E-state index contributed by atoms with van der Waals surface area (Å²) in [4.78, 5) is 26.0. The van der Waals surface area contributed by atoms with Gasteiger partial charge in [0.25, 0.3) is 0 Å². The zero-order chi connectivity index (χ0) is 20.4. The number of alkyl carbamates (subject to hydrolysis) is 1. The molecule has 1 heterocycles. The van der Waals surface area contributed by atoms with E-state index in [2.05, 4.69) is 11.9 Å². The number of hydrogen-bond acceptors (Lipinski definition) is 5. The number of amides is 2. The van der Waals surface area contributed by atoms with Crippen molar-refractivity contribution in [3.63, 3.8) is 0 Å². The predicted octanol–water partition coefficient (Wildman–Crippen LogP) is 2.93. The van der Waals surface area contributed by atoms with Crippen molar-refractivity contribution >= 4 is 12.0 Å². The molecule has 0 atom stereocenters. The van der Waals surface area contributed by atoms with Crippen molar-refractivity contribution < 1.29 is 23.8 Å². The quantitative estimate of drug-likeness (QED) is 0.656. The van der Waals surface area contributed by atoms with Crippen molar-refractivity contribution in [1.82, 2.24) is 10.2 Å². The molecule has 0 radical (unpaired) electrons. The van der Waals surface area contributed by atoms with Crippen molar-refractivity contribution in [2.75, 3.05) is 33.4 Å². The third-order valence-corrected chi connectivity index (χ3v) is 4.66. The Bertz CT molecular complexity index is 669. The highest BCUT2D eigenvalue weighted by atomic mass is 16.5. The Morgan fingerprint density at radius 3 is 2.68 bits per heavy atom. The van der Waals surface area contributed by atoms with Gasteiger partial charge in [0, 0.05) is 25.6 Å². The number of ether oxygens (including phenoxy) is 3. The molecule has 0 spiro atoms. The Morgan fingerprint density at radius 2 is 2.04 bits per heavy atom. The van der Waals surface area contributed by atoms with Crippen LogP contribution in [0, 0.1) is 0 Å². The first-order valence-electron chi connectivity index (χ1n) is 9.69. The molecule has 1 saturated heterocycles. The Hall–Kier alpha value is -2.70. The van der Waals surface area contributed by atoms with Gasteiger partial charge in [-0.1, -0.05) is 18.7 Å². The van der Waals surface area contributed by atoms with Crippen LogP contribution in [0.1, 0.15) is 31.7 Å². The van der Waals surface area contributed by atoms with E-state index in [-0.39, 0.29) is 18.6 Å². The third kappa shape index (κ3) is 6.48. The van der Waals surface area contributed by atoms with Gasteiger partial charge in [-0.3, -0.25) is 4.79 Å². The lowest BCUT2D eigenvalue weighted by Crippen LogP contribution is -2.46. The van der Waals surface area contributed by atoms with Crippen LogP contribution in [0.3, 0.4) is 0 Å². The smallest absolute Gasteiger partial charge is 0.407 e. The molecule has 28 heavy (non-hydrogen) atoms. The van der Waals surface area contributed by atoms with Gasteiger partial charge < -0.3 is 24.4 Å². The first-order chi connectivity index (χ1) is 13.6. The fourth-order valence-electron chi connectivity index (χ4n) is 3.17. The van der Waals surface area contributed by atoms with E-state index in [1.165, 1.54) is 6.08 Å². The van der Waals surface area contributed by atoms with E-state index in [1.807, 2.05) is 30.0 Å². The molecule has 0 aliphatic carbocycles. The van der Waals surface area contributed by atoms with Crippen LogP contribution in [-0.4, -0.2) is 56.4 Å². The number of nitrogens with zero attached hydrogens (tertiary/aromatic N) is 1. The number of rotatable bonds is 9. The average Bonchev–Trinajstić information content (AvgIpc) is 2.72. The van der Waals surface area contributed by atoms with E-state index in [4.69, 9.17) is 14.2 Å². The van der Waals surface area contributed by atoms with Crippen LogP contribution in [-0.2, 0) is 16.0 Å². The number of carbonyl (C=O) groups excluding carboxylic acids is 2. The Labute approximate surface area is 166 Å². The molecule has 7 nitrogen and oxygen atoms in total. The first kappa shape index (κ1) is 21.6. The van der Waals surface area contributed by atoms with Gasteiger partial charge in [0.2, 0.25) is 5.91 Å². The van der Waals surface area contributed by atoms with Crippen molar-refractivity contribution in [1.29, 1.82) is 0 Å². The zero-order valence-corrected chi connectivity index (χ0v) is 16.7. The summed E-state index contributed by atoms with van der Waals surface area (Å²) in [6.07, 6.45) is 3.64. The summed E-state index contributed by atoms with van der Waals surface area (Å²) in [6, 6.07) is 5.80. The molecule has 1 aromatic rings. The number of benzene rings is 1. The standard InChI is InChI=1S/C21H30N2O5/c1-4-14-28-21(25)22-17-10-12-23(13-11-17)20(24)9-7-16-6-8-18(27-5-2)19(15-16)26-3/h4,6,8,15,17H,1,5,7,9-14H2,2-3H3,(H,22,25). The van der Waals surface area contributed by atoms with Crippen molar-refractivity contribution in [2.24, 2.45) is 0 Å². The highest BCUT2D eigenvalue weighted by Crippen LogP contribution is 2.28. The van der Waals surface area contributed by atoms with Gasteiger partial charge in [-0.05, 0) is 43.9 Å². The van der Waals surface area contributed by atoms with Gasteiger partial charge in [-0.2, -0.15) is 0 Å². The summed E-state index contributed by atoms with van der Waals surface area (Å²) in [7, 11) is 1.61. The van der Waals surface area contributed by atoms with Crippen LogP contribution < -0.4 is 14.8 Å². The van der Waals surface area contributed by atoms with Crippen LogP contribution in [0.15, 0.2) is 30.9 Å². The number of methoxy groups -OCH3 is 1. The summed E-state index contributed by atoms with van der Waals surface area (Å²) in [5.41, 5.74) is 1.04. The molecular weight excluding hydrogens is 360 g/mol. The molecule has 2 amide bonds. The Kier molecular flexibility index (Phi) is 8.65. The van der Waals surface area contributed by atoms with Crippen LogP contribution >= 0.6 is 0 Å². The molecule has 0 aromatic heterocycles. The number of likely N-dealkylation sites (tertiary alicyclic amines) is 1. The average molecular weight is 390 g/mol. The summed E-state index contributed by atoms with van der Waals surface area (Å²) in [5.74, 6) is 1.52. The second-order valence-electron chi connectivity index (χ2n) is 6.60. The minimum atomic E-state index is -0.436. The van der Waals surface area contributed by atoms with Crippen molar-refractivity contribution in [2.45, 2.75) is 38.6 Å². The summed E-state index contributed by atoms with van der Waals surface area (Å²) >= 11 is 0. The molecule has 2 rings (SSSR count). The van der Waals surface area contributed by atoms with Gasteiger partial charge in [-0.25, -0.2) is 4.79 Å². The molecule has 7 heteroatoms. The molecule has 1 aliphatic heterocycles. The highest BCUT2D eigenvalue weighted by molar-refractivity contribution is 5.76. The number of hydrogen-bond donors (Lipinski definition) is 1. The maximum Gasteiger partial charge on any atom is 0.407 e. The van der Waals surface area contributed by atoms with Crippen LogP contribution in [0.25, 0.3) is 0 Å². The lowest BCUT2D eigenvalue weighted by molar-refractivity contribution is -0.132. The van der Waals surface area contributed by atoms with E-state index in [0.29, 0.717) is 44.0 Å². The van der Waals surface area contributed by atoms with Gasteiger partial charge >= 0.3 is 6.09 Å². The van der Waals surface area contributed by atoms with Gasteiger partial charge in [0.15, 0.2) is 11.5 Å². The molecule has 0 unspecified atom stereocenters. The second kappa shape index (κ2) is 11.2. The Morgan fingerprint density at radius 1 is 1.29 bits per heavy atom. The summed E-state index contributed by atoms with van der Waals surface area (Å²) in [6.45, 7) is 7.48. The predicted molar refractivity (Wildman–Crippen MR) is 107 cm³/mol. The van der Waals surface area contributed by atoms with Gasteiger partial charge in [0.1, 0.15) is 6.61 Å².